The average Bonchev–Trinajstić information content (AvgIpc) is 2.63. The molecule has 0 fully saturated rings. The molecule has 1 aromatic carbocycles. The third-order valence-corrected chi connectivity index (χ3v) is 3.56. The van der Waals surface area contributed by atoms with Crippen molar-refractivity contribution in [2.45, 2.75) is 40.7 Å². The fraction of sp³-hybridized carbons (Fsp3) is 0.400. The second-order valence-electron chi connectivity index (χ2n) is 4.70. The fourth-order valence-corrected chi connectivity index (χ4v) is 2.50. The molecule has 1 heterocycles. The summed E-state index contributed by atoms with van der Waals surface area (Å²) in [6.45, 7) is 8.97. The molecule has 2 rings (SSSR count). The molecular weight excluding hydrogens is 222 g/mol. The van der Waals surface area contributed by atoms with Gasteiger partial charge in [-0.1, -0.05) is 25.1 Å². The van der Waals surface area contributed by atoms with Crippen molar-refractivity contribution in [3.05, 3.63) is 46.3 Å². The number of rotatable bonds is 3. The van der Waals surface area contributed by atoms with E-state index in [0.29, 0.717) is 6.54 Å². The molecule has 2 N–H and O–H groups in total. The highest BCUT2D eigenvalue weighted by molar-refractivity contribution is 5.49. The van der Waals surface area contributed by atoms with Gasteiger partial charge in [0.25, 0.3) is 0 Å². The molecule has 0 bridgehead atoms. The summed E-state index contributed by atoms with van der Waals surface area (Å²) in [5, 5.41) is 4.66. The molecule has 3 heteroatoms. The van der Waals surface area contributed by atoms with Crippen molar-refractivity contribution in [3.63, 3.8) is 0 Å². The normalized spacial score (nSPS) is 10.9. The number of hydrogen-bond donors (Lipinski definition) is 1. The Balaban J connectivity index is 2.69. The van der Waals surface area contributed by atoms with Gasteiger partial charge in [0.05, 0.1) is 11.4 Å². The number of aromatic nitrogens is 2. The van der Waals surface area contributed by atoms with Crippen LogP contribution in [0.5, 0.6) is 0 Å². The Morgan fingerprint density at radius 3 is 2.50 bits per heavy atom. The van der Waals surface area contributed by atoms with E-state index in [0.717, 1.165) is 23.4 Å². The van der Waals surface area contributed by atoms with Gasteiger partial charge in [-0.2, -0.15) is 5.10 Å². The van der Waals surface area contributed by atoms with Gasteiger partial charge in [-0.15, -0.1) is 0 Å². The van der Waals surface area contributed by atoms with E-state index in [1.807, 2.05) is 11.6 Å². The van der Waals surface area contributed by atoms with Gasteiger partial charge in [0.15, 0.2) is 0 Å². The van der Waals surface area contributed by atoms with Gasteiger partial charge in [0.2, 0.25) is 0 Å². The maximum absolute atomic E-state index is 5.80. The van der Waals surface area contributed by atoms with E-state index in [2.05, 4.69) is 44.1 Å². The molecule has 0 atom stereocenters. The molecule has 96 valence electrons. The Morgan fingerprint density at radius 1 is 1.22 bits per heavy atom. The zero-order chi connectivity index (χ0) is 13.3. The maximum Gasteiger partial charge on any atom is 0.0709 e. The number of nitrogens with two attached hydrogens (primary N) is 1. The first-order chi connectivity index (χ1) is 8.60. The first-order valence-corrected chi connectivity index (χ1v) is 6.44. The first kappa shape index (κ1) is 12.8. The Kier molecular flexibility index (Phi) is 3.53. The van der Waals surface area contributed by atoms with Crippen LogP contribution in [0.4, 0.5) is 0 Å². The minimum atomic E-state index is 0.547. The monoisotopic (exact) mass is 243 g/mol. The van der Waals surface area contributed by atoms with Gasteiger partial charge in [-0.05, 0) is 38.3 Å². The number of nitrogens with zero attached hydrogens (tertiary/aromatic N) is 2. The highest BCUT2D eigenvalue weighted by Gasteiger charge is 2.14. The lowest BCUT2D eigenvalue weighted by Gasteiger charge is -2.13. The van der Waals surface area contributed by atoms with E-state index in [9.17, 15) is 0 Å². The smallest absolute Gasteiger partial charge is 0.0709 e. The first-order valence-electron chi connectivity index (χ1n) is 6.44. The van der Waals surface area contributed by atoms with Gasteiger partial charge in [0.1, 0.15) is 0 Å². The van der Waals surface area contributed by atoms with E-state index in [1.165, 1.54) is 16.8 Å². The summed E-state index contributed by atoms with van der Waals surface area (Å²) >= 11 is 0. The summed E-state index contributed by atoms with van der Waals surface area (Å²) in [6.07, 6.45) is 1.01. The maximum atomic E-state index is 5.80. The molecule has 3 nitrogen and oxygen atoms in total. The van der Waals surface area contributed by atoms with E-state index in [4.69, 9.17) is 5.73 Å². The van der Waals surface area contributed by atoms with Gasteiger partial charge in [-0.25, -0.2) is 4.68 Å². The number of aryl methyl sites for hydroxylation is 3. The summed E-state index contributed by atoms with van der Waals surface area (Å²) in [5.74, 6) is 0. The second kappa shape index (κ2) is 4.94. The summed E-state index contributed by atoms with van der Waals surface area (Å²) in [7, 11) is 0. The third-order valence-electron chi connectivity index (χ3n) is 3.56. The van der Waals surface area contributed by atoms with Crippen LogP contribution in [0.1, 0.15) is 35.0 Å². The van der Waals surface area contributed by atoms with Crippen LogP contribution in [0.3, 0.4) is 0 Å². The van der Waals surface area contributed by atoms with E-state index >= 15 is 0 Å². The fourth-order valence-electron chi connectivity index (χ4n) is 2.50. The Bertz CT molecular complexity index is 567. The lowest BCUT2D eigenvalue weighted by molar-refractivity contribution is 0.813. The van der Waals surface area contributed by atoms with E-state index < -0.39 is 0 Å². The topological polar surface area (TPSA) is 43.8 Å². The molecule has 1 aromatic heterocycles. The van der Waals surface area contributed by atoms with E-state index in [1.54, 1.807) is 0 Å². The number of benzene rings is 1. The van der Waals surface area contributed by atoms with E-state index in [-0.39, 0.29) is 0 Å². The molecular formula is C15H21N3. The van der Waals surface area contributed by atoms with Crippen LogP contribution in [0, 0.1) is 20.8 Å². The SMILES string of the molecule is CCc1cccc(C)c1-n1nc(C)c(CN)c1C. The predicted molar refractivity (Wildman–Crippen MR) is 75.0 cm³/mol. The van der Waals surface area contributed by atoms with Gasteiger partial charge < -0.3 is 5.73 Å². The van der Waals surface area contributed by atoms with Crippen molar-refractivity contribution >= 4 is 0 Å². The van der Waals surface area contributed by atoms with Crippen LogP contribution in [0.25, 0.3) is 5.69 Å². The lowest BCUT2D eigenvalue weighted by Crippen LogP contribution is -2.06. The molecule has 0 spiro atoms. The molecule has 0 saturated carbocycles. The minimum Gasteiger partial charge on any atom is -0.326 e. The van der Waals surface area contributed by atoms with Crippen LogP contribution < -0.4 is 5.73 Å². The average molecular weight is 243 g/mol. The zero-order valence-electron chi connectivity index (χ0n) is 11.6. The lowest BCUT2D eigenvalue weighted by atomic mass is 10.1. The molecule has 18 heavy (non-hydrogen) atoms. The Hall–Kier alpha value is -1.61. The quantitative estimate of drug-likeness (QED) is 0.901. The summed E-state index contributed by atoms with van der Waals surface area (Å²) in [5.41, 5.74) is 12.9. The molecule has 0 aliphatic carbocycles. The van der Waals surface area contributed by atoms with Crippen LogP contribution >= 0.6 is 0 Å². The van der Waals surface area contributed by atoms with Crippen molar-refractivity contribution in [1.29, 1.82) is 0 Å². The number of para-hydroxylation sites is 1. The zero-order valence-corrected chi connectivity index (χ0v) is 11.6. The minimum absolute atomic E-state index is 0.547. The van der Waals surface area contributed by atoms with Crippen LogP contribution in [-0.2, 0) is 13.0 Å². The van der Waals surface area contributed by atoms with Crippen molar-refractivity contribution in [3.8, 4) is 5.69 Å². The standard InChI is InChI=1S/C15H21N3/c1-5-13-8-6-7-10(2)15(13)18-12(4)14(9-16)11(3)17-18/h6-8H,5,9,16H2,1-4H3. The molecule has 0 saturated heterocycles. The highest BCUT2D eigenvalue weighted by Crippen LogP contribution is 2.23. The molecule has 0 unspecified atom stereocenters. The third kappa shape index (κ3) is 1.95. The van der Waals surface area contributed by atoms with Crippen molar-refractivity contribution < 1.29 is 0 Å². The molecule has 0 radical (unpaired) electrons. The van der Waals surface area contributed by atoms with Crippen molar-refractivity contribution in [2.75, 3.05) is 0 Å². The van der Waals surface area contributed by atoms with Gasteiger partial charge >= 0.3 is 0 Å². The van der Waals surface area contributed by atoms with Crippen LogP contribution in [0.15, 0.2) is 18.2 Å². The number of hydrogen-bond acceptors (Lipinski definition) is 2. The second-order valence-corrected chi connectivity index (χ2v) is 4.70. The predicted octanol–water partition coefficient (Wildman–Crippen LogP) is 2.82. The highest BCUT2D eigenvalue weighted by atomic mass is 15.3. The molecule has 0 aliphatic rings. The Morgan fingerprint density at radius 2 is 1.94 bits per heavy atom. The van der Waals surface area contributed by atoms with Gasteiger partial charge in [-0.3, -0.25) is 0 Å². The Labute approximate surface area is 109 Å². The van der Waals surface area contributed by atoms with Crippen molar-refractivity contribution in [1.82, 2.24) is 9.78 Å². The van der Waals surface area contributed by atoms with Crippen LogP contribution in [-0.4, -0.2) is 9.78 Å². The summed E-state index contributed by atoms with van der Waals surface area (Å²) in [4.78, 5) is 0. The van der Waals surface area contributed by atoms with Gasteiger partial charge in [0, 0.05) is 17.8 Å². The molecule has 0 aliphatic heterocycles. The molecule has 0 amide bonds. The summed E-state index contributed by atoms with van der Waals surface area (Å²) < 4.78 is 2.05. The van der Waals surface area contributed by atoms with Crippen molar-refractivity contribution in [2.24, 2.45) is 5.73 Å². The largest absolute Gasteiger partial charge is 0.326 e. The van der Waals surface area contributed by atoms with Crippen LogP contribution in [0.2, 0.25) is 0 Å². The summed E-state index contributed by atoms with van der Waals surface area (Å²) in [6, 6.07) is 6.40. The molecule has 2 aromatic rings.